The number of rotatable bonds is 3. The minimum Gasteiger partial charge on any atom is -0.394 e. The lowest BCUT2D eigenvalue weighted by Crippen LogP contribution is -2.33. The molecule has 1 N–H and O–H groups in total. The second kappa shape index (κ2) is 3.60. The number of carbonyl (C=O) groups is 1. The van der Waals surface area contributed by atoms with E-state index in [-0.39, 0.29) is 24.4 Å². The van der Waals surface area contributed by atoms with E-state index in [0.717, 1.165) is 6.42 Å². The first-order chi connectivity index (χ1) is 6.31. The predicted octanol–water partition coefficient (Wildman–Crippen LogP) is 0.529. The zero-order valence-electron chi connectivity index (χ0n) is 7.48. The monoisotopic (exact) mass is 182 g/mol. The Morgan fingerprint density at radius 3 is 3.15 bits per heavy atom. The molecule has 0 aromatic heterocycles. The standard InChI is InChI=1S/C10H14O3/c11-3-4-13-10-6-9(12)7-1-2-8(10)5-7/h1-2,7-8,10-11H,3-6H2. The number of Topliss-reactive ketones (excluding diaryl/α,β-unsaturated/α-hetero) is 1. The Labute approximate surface area is 77.4 Å². The van der Waals surface area contributed by atoms with Crippen LogP contribution in [0.2, 0.25) is 0 Å². The van der Waals surface area contributed by atoms with E-state index in [2.05, 4.69) is 6.08 Å². The van der Waals surface area contributed by atoms with Gasteiger partial charge in [0.1, 0.15) is 5.78 Å². The summed E-state index contributed by atoms with van der Waals surface area (Å²) >= 11 is 0. The van der Waals surface area contributed by atoms with E-state index in [1.165, 1.54) is 0 Å². The molecular formula is C10H14O3. The molecule has 1 saturated carbocycles. The Bertz CT molecular complexity index is 234. The fourth-order valence-corrected chi connectivity index (χ4v) is 2.13. The van der Waals surface area contributed by atoms with Gasteiger partial charge in [0.25, 0.3) is 0 Å². The molecule has 72 valence electrons. The maximum Gasteiger partial charge on any atom is 0.142 e. The molecule has 3 unspecified atom stereocenters. The van der Waals surface area contributed by atoms with Crippen molar-refractivity contribution in [3.63, 3.8) is 0 Å². The topological polar surface area (TPSA) is 46.5 Å². The predicted molar refractivity (Wildman–Crippen MR) is 47.2 cm³/mol. The summed E-state index contributed by atoms with van der Waals surface area (Å²) in [4.78, 5) is 11.4. The lowest BCUT2D eigenvalue weighted by molar-refractivity contribution is -0.129. The molecule has 0 spiro atoms. The van der Waals surface area contributed by atoms with Crippen LogP contribution in [0.1, 0.15) is 12.8 Å². The quantitative estimate of drug-likeness (QED) is 0.647. The third-order valence-corrected chi connectivity index (χ3v) is 2.83. The molecule has 0 radical (unpaired) electrons. The van der Waals surface area contributed by atoms with Crippen LogP contribution in [-0.4, -0.2) is 30.2 Å². The van der Waals surface area contributed by atoms with Gasteiger partial charge in [-0.3, -0.25) is 4.79 Å². The van der Waals surface area contributed by atoms with Crippen LogP contribution in [0.5, 0.6) is 0 Å². The average molecular weight is 182 g/mol. The highest BCUT2D eigenvalue weighted by molar-refractivity contribution is 5.85. The molecule has 13 heavy (non-hydrogen) atoms. The van der Waals surface area contributed by atoms with Crippen LogP contribution in [0.3, 0.4) is 0 Å². The lowest BCUT2D eigenvalue weighted by atomic mass is 9.84. The van der Waals surface area contributed by atoms with Gasteiger partial charge >= 0.3 is 0 Å². The number of aliphatic hydroxyl groups is 1. The van der Waals surface area contributed by atoms with Gasteiger partial charge in [0.2, 0.25) is 0 Å². The van der Waals surface area contributed by atoms with Crippen LogP contribution >= 0.6 is 0 Å². The molecule has 2 aliphatic carbocycles. The van der Waals surface area contributed by atoms with Gasteiger partial charge in [0, 0.05) is 18.3 Å². The highest BCUT2D eigenvalue weighted by Crippen LogP contribution is 2.35. The minimum absolute atomic E-state index is 0.00894. The fourth-order valence-electron chi connectivity index (χ4n) is 2.13. The number of fused-ring (bicyclic) bond motifs is 2. The second-order valence-electron chi connectivity index (χ2n) is 3.69. The summed E-state index contributed by atoms with van der Waals surface area (Å²) in [5, 5.41) is 8.60. The van der Waals surface area contributed by atoms with Crippen molar-refractivity contribution in [2.45, 2.75) is 18.9 Å². The Hall–Kier alpha value is -0.670. The van der Waals surface area contributed by atoms with Crippen LogP contribution in [0, 0.1) is 11.8 Å². The van der Waals surface area contributed by atoms with E-state index in [4.69, 9.17) is 9.84 Å². The zero-order chi connectivity index (χ0) is 9.26. The number of ketones is 1. The molecule has 0 aliphatic heterocycles. The van der Waals surface area contributed by atoms with Gasteiger partial charge in [0.15, 0.2) is 0 Å². The van der Waals surface area contributed by atoms with Crippen LogP contribution in [0.25, 0.3) is 0 Å². The molecule has 0 heterocycles. The second-order valence-corrected chi connectivity index (χ2v) is 3.69. The third kappa shape index (κ3) is 1.67. The van der Waals surface area contributed by atoms with Crippen molar-refractivity contribution in [1.29, 1.82) is 0 Å². The van der Waals surface area contributed by atoms with Gasteiger partial charge in [-0.05, 0) is 6.42 Å². The highest BCUT2D eigenvalue weighted by Gasteiger charge is 2.37. The zero-order valence-corrected chi connectivity index (χ0v) is 7.48. The largest absolute Gasteiger partial charge is 0.394 e. The van der Waals surface area contributed by atoms with Gasteiger partial charge in [-0.15, -0.1) is 0 Å². The number of carbonyl (C=O) groups excluding carboxylic acids is 1. The molecule has 2 rings (SSSR count). The van der Waals surface area contributed by atoms with Crippen LogP contribution in [-0.2, 0) is 9.53 Å². The Kier molecular flexibility index (Phi) is 2.47. The van der Waals surface area contributed by atoms with Gasteiger partial charge in [-0.25, -0.2) is 0 Å². The molecule has 3 nitrogen and oxygen atoms in total. The normalized spacial score (nSPS) is 37.0. The van der Waals surface area contributed by atoms with Crippen molar-refractivity contribution < 1.29 is 14.6 Å². The van der Waals surface area contributed by atoms with Crippen molar-refractivity contribution >= 4 is 5.78 Å². The van der Waals surface area contributed by atoms with Crippen molar-refractivity contribution in [3.8, 4) is 0 Å². The summed E-state index contributed by atoms with van der Waals surface area (Å²) in [6, 6.07) is 0. The van der Waals surface area contributed by atoms with E-state index in [1.54, 1.807) is 0 Å². The molecule has 3 heteroatoms. The average Bonchev–Trinajstić information content (AvgIpc) is 2.55. The molecule has 0 aromatic rings. The van der Waals surface area contributed by atoms with Crippen LogP contribution in [0.4, 0.5) is 0 Å². The van der Waals surface area contributed by atoms with Gasteiger partial charge in [0.05, 0.1) is 19.3 Å². The minimum atomic E-state index is 0.00894. The number of aliphatic hydroxyl groups excluding tert-OH is 1. The van der Waals surface area contributed by atoms with Crippen LogP contribution < -0.4 is 0 Å². The molecule has 2 bridgehead atoms. The first-order valence-corrected chi connectivity index (χ1v) is 4.75. The SMILES string of the molecule is O=C1CC(OCCO)C2C=CC1C2. The molecule has 0 saturated heterocycles. The summed E-state index contributed by atoms with van der Waals surface area (Å²) in [6.45, 7) is 0.373. The fraction of sp³-hybridized carbons (Fsp3) is 0.700. The van der Waals surface area contributed by atoms with E-state index >= 15 is 0 Å². The Balaban J connectivity index is 1.96. The number of ether oxygens (including phenoxy) is 1. The molecule has 2 aliphatic rings. The summed E-state index contributed by atoms with van der Waals surface area (Å²) in [6.07, 6.45) is 5.51. The Morgan fingerprint density at radius 1 is 1.54 bits per heavy atom. The van der Waals surface area contributed by atoms with Gasteiger partial charge in [-0.1, -0.05) is 12.2 Å². The molecule has 0 amide bonds. The first-order valence-electron chi connectivity index (χ1n) is 4.75. The summed E-state index contributed by atoms with van der Waals surface area (Å²) in [7, 11) is 0. The third-order valence-electron chi connectivity index (χ3n) is 2.83. The maximum absolute atomic E-state index is 11.4. The number of hydrogen-bond donors (Lipinski definition) is 1. The summed E-state index contributed by atoms with van der Waals surface area (Å²) in [5.41, 5.74) is 0. The van der Waals surface area contributed by atoms with Crippen molar-refractivity contribution in [3.05, 3.63) is 12.2 Å². The van der Waals surface area contributed by atoms with Crippen molar-refractivity contribution in [2.24, 2.45) is 11.8 Å². The summed E-state index contributed by atoms with van der Waals surface area (Å²) < 4.78 is 5.41. The highest BCUT2D eigenvalue weighted by atomic mass is 16.5. The molecular weight excluding hydrogens is 168 g/mol. The number of allylic oxidation sites excluding steroid dienone is 1. The lowest BCUT2D eigenvalue weighted by Gasteiger charge is -2.27. The van der Waals surface area contributed by atoms with Gasteiger partial charge < -0.3 is 9.84 Å². The van der Waals surface area contributed by atoms with E-state index in [1.807, 2.05) is 6.08 Å². The van der Waals surface area contributed by atoms with Gasteiger partial charge in [-0.2, -0.15) is 0 Å². The van der Waals surface area contributed by atoms with E-state index in [0.29, 0.717) is 18.9 Å². The maximum atomic E-state index is 11.4. The van der Waals surface area contributed by atoms with Crippen LogP contribution in [0.15, 0.2) is 12.2 Å². The number of hydrogen-bond acceptors (Lipinski definition) is 3. The molecule has 0 aromatic carbocycles. The van der Waals surface area contributed by atoms with E-state index in [9.17, 15) is 4.79 Å². The van der Waals surface area contributed by atoms with E-state index < -0.39 is 0 Å². The molecule has 3 atom stereocenters. The smallest absolute Gasteiger partial charge is 0.142 e. The Morgan fingerprint density at radius 2 is 2.38 bits per heavy atom. The molecule has 1 fully saturated rings. The summed E-state index contributed by atoms with van der Waals surface area (Å²) in [5.74, 6) is 0.834. The van der Waals surface area contributed by atoms with Crippen molar-refractivity contribution in [1.82, 2.24) is 0 Å². The first kappa shape index (κ1) is 8.91. The van der Waals surface area contributed by atoms with Crippen molar-refractivity contribution in [2.75, 3.05) is 13.2 Å².